The first-order valence-electron chi connectivity index (χ1n) is 7.64. The minimum Gasteiger partial charge on any atom is -0.467 e. The van der Waals surface area contributed by atoms with Crippen molar-refractivity contribution in [2.45, 2.75) is 39.3 Å². The molecule has 1 aromatic carbocycles. The lowest BCUT2D eigenvalue weighted by Gasteiger charge is -2.24. The number of amides is 2. The maximum Gasteiger partial charge on any atom is 0.328 e. The molecule has 0 fully saturated rings. The molecule has 24 heavy (non-hydrogen) atoms. The van der Waals surface area contributed by atoms with Gasteiger partial charge >= 0.3 is 5.97 Å². The Kier molecular flexibility index (Phi) is 7.71. The predicted octanol–water partition coefficient (Wildman–Crippen LogP) is 1.70. The molecule has 0 aliphatic carbocycles. The van der Waals surface area contributed by atoms with E-state index in [1.807, 2.05) is 19.9 Å². The van der Waals surface area contributed by atoms with E-state index >= 15 is 0 Å². The Labute approximate surface area is 146 Å². The Morgan fingerprint density at radius 3 is 2.38 bits per heavy atom. The van der Waals surface area contributed by atoms with Gasteiger partial charge in [0, 0.05) is 18.4 Å². The summed E-state index contributed by atoms with van der Waals surface area (Å²) in [4.78, 5) is 35.7. The molecule has 0 heterocycles. The smallest absolute Gasteiger partial charge is 0.328 e. The van der Waals surface area contributed by atoms with Crippen LogP contribution in [0.5, 0.6) is 0 Å². The number of hydrogen-bond acceptors (Lipinski definition) is 4. The van der Waals surface area contributed by atoms with Gasteiger partial charge < -0.3 is 15.4 Å². The molecule has 0 aliphatic rings. The van der Waals surface area contributed by atoms with Crippen LogP contribution in [0.1, 0.15) is 26.3 Å². The van der Waals surface area contributed by atoms with E-state index in [4.69, 9.17) is 16.3 Å². The zero-order valence-corrected chi connectivity index (χ0v) is 15.0. The van der Waals surface area contributed by atoms with Gasteiger partial charge in [-0.15, -0.1) is 0 Å². The highest BCUT2D eigenvalue weighted by molar-refractivity contribution is 6.30. The van der Waals surface area contributed by atoms with Gasteiger partial charge in [0.05, 0.1) is 7.11 Å². The van der Waals surface area contributed by atoms with Crippen molar-refractivity contribution in [3.8, 4) is 0 Å². The molecule has 0 aromatic heterocycles. The lowest BCUT2D eigenvalue weighted by atomic mass is 10.0. The number of hydrogen-bond donors (Lipinski definition) is 2. The van der Waals surface area contributed by atoms with Gasteiger partial charge in [0.25, 0.3) is 0 Å². The molecule has 1 aromatic rings. The molecule has 132 valence electrons. The maximum atomic E-state index is 12.4. The van der Waals surface area contributed by atoms with E-state index in [0.717, 1.165) is 5.56 Å². The van der Waals surface area contributed by atoms with Crippen LogP contribution in [0.3, 0.4) is 0 Å². The summed E-state index contributed by atoms with van der Waals surface area (Å²) >= 11 is 5.95. The summed E-state index contributed by atoms with van der Waals surface area (Å²) in [6.45, 7) is 4.96. The van der Waals surface area contributed by atoms with E-state index in [-0.39, 0.29) is 18.2 Å². The second-order valence-corrected chi connectivity index (χ2v) is 6.28. The fraction of sp³-hybridized carbons (Fsp3) is 0.471. The third-order valence-corrected chi connectivity index (χ3v) is 3.67. The van der Waals surface area contributed by atoms with Crippen LogP contribution in [0.2, 0.25) is 5.02 Å². The number of ether oxygens (including phenoxy) is 1. The molecule has 2 atom stereocenters. The predicted molar refractivity (Wildman–Crippen MR) is 91.5 cm³/mol. The van der Waals surface area contributed by atoms with Crippen LogP contribution in [-0.2, 0) is 25.5 Å². The van der Waals surface area contributed by atoms with Crippen LogP contribution in [0.15, 0.2) is 24.3 Å². The van der Waals surface area contributed by atoms with Crippen LogP contribution in [-0.4, -0.2) is 37.0 Å². The number of nitrogens with one attached hydrogen (secondary N) is 2. The van der Waals surface area contributed by atoms with Crippen molar-refractivity contribution in [2.24, 2.45) is 5.92 Å². The number of esters is 1. The molecule has 6 nitrogen and oxygen atoms in total. The van der Waals surface area contributed by atoms with E-state index in [0.29, 0.717) is 5.02 Å². The first-order valence-corrected chi connectivity index (χ1v) is 8.02. The Hall–Kier alpha value is -2.08. The highest BCUT2D eigenvalue weighted by atomic mass is 35.5. The molecule has 0 aliphatic heterocycles. The minimum atomic E-state index is -0.865. The summed E-state index contributed by atoms with van der Waals surface area (Å²) in [6, 6.07) is 5.42. The summed E-state index contributed by atoms with van der Waals surface area (Å²) < 4.78 is 4.76. The highest BCUT2D eigenvalue weighted by Crippen LogP contribution is 2.13. The van der Waals surface area contributed by atoms with E-state index < -0.39 is 24.0 Å². The molecule has 0 saturated carbocycles. The average molecular weight is 355 g/mol. The van der Waals surface area contributed by atoms with E-state index in [1.54, 1.807) is 18.2 Å². The fourth-order valence-electron chi connectivity index (χ4n) is 2.25. The number of rotatable bonds is 7. The minimum absolute atomic E-state index is 0.127. The van der Waals surface area contributed by atoms with Gasteiger partial charge in [-0.05, 0) is 23.6 Å². The third-order valence-electron chi connectivity index (χ3n) is 3.44. The molecule has 0 radical (unpaired) electrons. The van der Waals surface area contributed by atoms with Gasteiger partial charge in [-0.25, -0.2) is 4.79 Å². The Bertz CT molecular complexity index is 604. The van der Waals surface area contributed by atoms with Crippen molar-refractivity contribution in [3.05, 3.63) is 34.9 Å². The summed E-state index contributed by atoms with van der Waals surface area (Å²) in [6.07, 6.45) is 0.240. The molecule has 1 rings (SSSR count). The van der Waals surface area contributed by atoms with Crippen molar-refractivity contribution in [1.29, 1.82) is 0 Å². The Balaban J connectivity index is 2.90. The summed E-state index contributed by atoms with van der Waals surface area (Å²) in [5.41, 5.74) is 0.791. The van der Waals surface area contributed by atoms with E-state index in [1.165, 1.54) is 14.0 Å². The van der Waals surface area contributed by atoms with Crippen LogP contribution in [0.4, 0.5) is 0 Å². The third kappa shape index (κ3) is 6.20. The number of halogens is 1. The summed E-state index contributed by atoms with van der Waals surface area (Å²) in [5, 5.41) is 5.78. The fourth-order valence-corrected chi connectivity index (χ4v) is 2.46. The SMILES string of the molecule is COC(=O)[C@H](Cc1cccc(Cl)c1)NC(=O)[C@H](NC(C)=O)C(C)C. The molecule has 0 spiro atoms. The molecule has 0 unspecified atom stereocenters. The molecule has 2 N–H and O–H groups in total. The van der Waals surface area contributed by atoms with Gasteiger partial charge in [0.1, 0.15) is 12.1 Å². The van der Waals surface area contributed by atoms with Gasteiger partial charge in [0.2, 0.25) is 11.8 Å². The standard InChI is InChI=1S/C17H23ClN2O4/c1-10(2)15(19-11(3)21)16(22)20-14(17(23)24-4)9-12-6-5-7-13(18)8-12/h5-8,10,14-15H,9H2,1-4H3,(H,19,21)(H,20,22)/t14-,15+/m0/s1. The molecule has 2 amide bonds. The van der Waals surface area contributed by atoms with E-state index in [2.05, 4.69) is 10.6 Å². The topological polar surface area (TPSA) is 84.5 Å². The van der Waals surface area contributed by atoms with Gasteiger partial charge in [0.15, 0.2) is 0 Å². The lowest BCUT2D eigenvalue weighted by Crippen LogP contribution is -2.54. The first kappa shape index (κ1) is 20.0. The zero-order chi connectivity index (χ0) is 18.3. The number of carbonyl (C=O) groups is 3. The van der Waals surface area contributed by atoms with Crippen LogP contribution >= 0.6 is 11.6 Å². The van der Waals surface area contributed by atoms with E-state index in [9.17, 15) is 14.4 Å². The summed E-state index contributed by atoms with van der Waals surface area (Å²) in [7, 11) is 1.26. The van der Waals surface area contributed by atoms with Crippen LogP contribution in [0.25, 0.3) is 0 Å². The molecule has 0 saturated heterocycles. The zero-order valence-electron chi connectivity index (χ0n) is 14.3. The molecular formula is C17H23ClN2O4. The van der Waals surface area contributed by atoms with Crippen molar-refractivity contribution < 1.29 is 19.1 Å². The molecule has 7 heteroatoms. The number of methoxy groups -OCH3 is 1. The number of benzene rings is 1. The normalized spacial score (nSPS) is 13.1. The lowest BCUT2D eigenvalue weighted by molar-refractivity contribution is -0.145. The quantitative estimate of drug-likeness (QED) is 0.730. The van der Waals surface area contributed by atoms with Crippen LogP contribution in [0, 0.1) is 5.92 Å². The second kappa shape index (κ2) is 9.27. The molecular weight excluding hydrogens is 332 g/mol. The number of carbonyl (C=O) groups excluding carboxylic acids is 3. The summed E-state index contributed by atoms with van der Waals surface area (Å²) in [5.74, 6) is -1.43. The average Bonchev–Trinajstić information content (AvgIpc) is 2.50. The van der Waals surface area contributed by atoms with Crippen molar-refractivity contribution in [2.75, 3.05) is 7.11 Å². The molecule has 0 bridgehead atoms. The second-order valence-electron chi connectivity index (χ2n) is 5.84. The first-order chi connectivity index (χ1) is 11.2. The highest BCUT2D eigenvalue weighted by Gasteiger charge is 2.28. The largest absolute Gasteiger partial charge is 0.467 e. The monoisotopic (exact) mass is 354 g/mol. The van der Waals surface area contributed by atoms with Gasteiger partial charge in [-0.1, -0.05) is 37.6 Å². The maximum absolute atomic E-state index is 12.4. The van der Waals surface area contributed by atoms with Gasteiger partial charge in [-0.2, -0.15) is 0 Å². The van der Waals surface area contributed by atoms with Crippen molar-refractivity contribution in [3.63, 3.8) is 0 Å². The van der Waals surface area contributed by atoms with Crippen LogP contribution < -0.4 is 10.6 Å². The Morgan fingerprint density at radius 2 is 1.88 bits per heavy atom. The van der Waals surface area contributed by atoms with Crippen molar-refractivity contribution >= 4 is 29.4 Å². The van der Waals surface area contributed by atoms with Gasteiger partial charge in [-0.3, -0.25) is 9.59 Å². The van der Waals surface area contributed by atoms with Crippen molar-refractivity contribution in [1.82, 2.24) is 10.6 Å². The Morgan fingerprint density at radius 1 is 1.21 bits per heavy atom.